The highest BCUT2D eigenvalue weighted by molar-refractivity contribution is 5.64. The molecule has 22 heavy (non-hydrogen) atoms. The first-order valence-electron chi connectivity index (χ1n) is 6.73. The number of nitro benzene ring substituents is 1. The molecule has 118 valence electrons. The van der Waals surface area contributed by atoms with Gasteiger partial charge in [0.1, 0.15) is 5.69 Å². The molecule has 1 aromatic heterocycles. The van der Waals surface area contributed by atoms with E-state index in [1.54, 1.807) is 4.68 Å². The molecule has 2 rings (SSSR count). The number of nitrogens with one attached hydrogen (secondary N) is 1. The van der Waals surface area contributed by atoms with E-state index in [4.69, 9.17) is 4.74 Å². The van der Waals surface area contributed by atoms with Crippen molar-refractivity contribution in [3.05, 3.63) is 45.5 Å². The molecular weight excluding hydrogens is 291 g/mol. The average molecular weight is 308 g/mol. The quantitative estimate of drug-likeness (QED) is 0.655. The second-order valence-corrected chi connectivity index (χ2v) is 4.74. The van der Waals surface area contributed by atoms with Gasteiger partial charge in [0.05, 0.1) is 23.8 Å². The first-order chi connectivity index (χ1) is 10.5. The van der Waals surface area contributed by atoms with Crippen LogP contribution in [-0.2, 0) is 20.0 Å². The van der Waals surface area contributed by atoms with Crippen molar-refractivity contribution in [1.82, 2.24) is 9.78 Å². The van der Waals surface area contributed by atoms with Gasteiger partial charge in [-0.2, -0.15) is 5.10 Å². The average Bonchev–Trinajstić information content (AvgIpc) is 2.85. The molecule has 7 nitrogen and oxygen atoms in total. The number of hydrogen-bond donors (Lipinski definition) is 1. The Labute approximate surface area is 126 Å². The number of hydrogen-bond acceptors (Lipinski definition) is 5. The van der Waals surface area contributed by atoms with Crippen LogP contribution in [0.5, 0.6) is 5.75 Å². The van der Waals surface area contributed by atoms with Crippen molar-refractivity contribution in [2.24, 2.45) is 7.05 Å². The monoisotopic (exact) mass is 308 g/mol. The van der Waals surface area contributed by atoms with Gasteiger partial charge in [-0.15, -0.1) is 0 Å². The van der Waals surface area contributed by atoms with Crippen LogP contribution in [0, 0.1) is 15.9 Å². The van der Waals surface area contributed by atoms with Gasteiger partial charge < -0.3 is 10.1 Å². The largest absolute Gasteiger partial charge is 0.494 e. The summed E-state index contributed by atoms with van der Waals surface area (Å²) in [6.45, 7) is 2.34. The number of ether oxygens (including phenoxy) is 1. The van der Waals surface area contributed by atoms with Crippen molar-refractivity contribution in [2.75, 3.05) is 12.4 Å². The van der Waals surface area contributed by atoms with E-state index >= 15 is 0 Å². The third kappa shape index (κ3) is 3.16. The maximum Gasteiger partial charge on any atom is 0.295 e. The SMILES string of the molecule is CCc1nn(C)cc1CNc1cc(OC)c(F)cc1[N+](=O)[O-]. The summed E-state index contributed by atoms with van der Waals surface area (Å²) in [5.41, 5.74) is 1.71. The van der Waals surface area contributed by atoms with E-state index in [9.17, 15) is 14.5 Å². The van der Waals surface area contributed by atoms with Crippen LogP contribution in [0.1, 0.15) is 18.2 Å². The number of aromatic nitrogens is 2. The fourth-order valence-electron chi connectivity index (χ4n) is 2.21. The van der Waals surface area contributed by atoms with Crippen molar-refractivity contribution in [1.29, 1.82) is 0 Å². The van der Waals surface area contributed by atoms with Gasteiger partial charge in [0, 0.05) is 31.4 Å². The molecule has 0 aliphatic carbocycles. The molecule has 0 atom stereocenters. The van der Waals surface area contributed by atoms with Crippen LogP contribution in [0.15, 0.2) is 18.3 Å². The summed E-state index contributed by atoms with van der Waals surface area (Å²) in [7, 11) is 3.12. The molecule has 1 N–H and O–H groups in total. The highest BCUT2D eigenvalue weighted by atomic mass is 19.1. The van der Waals surface area contributed by atoms with Crippen LogP contribution >= 0.6 is 0 Å². The lowest BCUT2D eigenvalue weighted by Crippen LogP contribution is -2.05. The maximum absolute atomic E-state index is 13.6. The third-order valence-electron chi connectivity index (χ3n) is 3.26. The lowest BCUT2D eigenvalue weighted by molar-refractivity contribution is -0.384. The van der Waals surface area contributed by atoms with E-state index in [2.05, 4.69) is 10.4 Å². The number of halogens is 1. The van der Waals surface area contributed by atoms with Gasteiger partial charge in [0.2, 0.25) is 0 Å². The molecule has 0 radical (unpaired) electrons. The number of methoxy groups -OCH3 is 1. The van der Waals surface area contributed by atoms with Gasteiger partial charge in [0.25, 0.3) is 5.69 Å². The molecule has 0 aliphatic heterocycles. The molecule has 0 saturated carbocycles. The van der Waals surface area contributed by atoms with Gasteiger partial charge in [-0.05, 0) is 6.42 Å². The zero-order valence-corrected chi connectivity index (χ0v) is 12.6. The summed E-state index contributed by atoms with van der Waals surface area (Å²) < 4.78 is 20.2. The predicted octanol–water partition coefficient (Wildman–Crippen LogP) is 2.65. The maximum atomic E-state index is 13.6. The van der Waals surface area contributed by atoms with Crippen LogP contribution in [0.4, 0.5) is 15.8 Å². The van der Waals surface area contributed by atoms with Crippen molar-refractivity contribution >= 4 is 11.4 Å². The van der Waals surface area contributed by atoms with Crippen molar-refractivity contribution < 1.29 is 14.1 Å². The van der Waals surface area contributed by atoms with Gasteiger partial charge in [0.15, 0.2) is 11.6 Å². The van der Waals surface area contributed by atoms with Crippen LogP contribution in [0.2, 0.25) is 0 Å². The first-order valence-corrected chi connectivity index (χ1v) is 6.73. The fraction of sp³-hybridized carbons (Fsp3) is 0.357. The van der Waals surface area contributed by atoms with Crippen molar-refractivity contribution in [2.45, 2.75) is 19.9 Å². The summed E-state index contributed by atoms with van der Waals surface area (Å²) in [4.78, 5) is 10.4. The molecule has 0 aliphatic rings. The standard InChI is InChI=1S/C14H17FN4O3/c1-4-11-9(8-18(2)17-11)7-16-12-6-14(22-3)10(15)5-13(12)19(20)21/h5-6,8,16H,4,7H2,1-3H3. The minimum Gasteiger partial charge on any atom is -0.494 e. The Balaban J connectivity index is 2.29. The molecule has 0 bridgehead atoms. The van der Waals surface area contributed by atoms with Crippen molar-refractivity contribution in [3.63, 3.8) is 0 Å². The van der Waals surface area contributed by atoms with Crippen LogP contribution in [0.25, 0.3) is 0 Å². The van der Waals surface area contributed by atoms with E-state index in [1.807, 2.05) is 20.2 Å². The number of rotatable bonds is 6. The zero-order valence-electron chi connectivity index (χ0n) is 12.6. The summed E-state index contributed by atoms with van der Waals surface area (Å²) in [6.07, 6.45) is 2.60. The second kappa shape index (κ2) is 6.42. The molecular formula is C14H17FN4O3. The minimum atomic E-state index is -0.768. The van der Waals surface area contributed by atoms with Gasteiger partial charge in [-0.25, -0.2) is 4.39 Å². The summed E-state index contributed by atoms with van der Waals surface area (Å²) >= 11 is 0. The highest BCUT2D eigenvalue weighted by Gasteiger charge is 2.19. The zero-order chi connectivity index (χ0) is 16.3. The van der Waals surface area contributed by atoms with E-state index < -0.39 is 10.7 Å². The molecule has 0 fully saturated rings. The van der Waals surface area contributed by atoms with Crippen molar-refractivity contribution in [3.8, 4) is 5.75 Å². The van der Waals surface area contributed by atoms with Gasteiger partial charge in [-0.3, -0.25) is 14.8 Å². The number of benzene rings is 1. The highest BCUT2D eigenvalue weighted by Crippen LogP contribution is 2.32. The number of anilines is 1. The molecule has 2 aromatic rings. The number of nitrogens with zero attached hydrogens (tertiary/aromatic N) is 3. The molecule has 0 unspecified atom stereocenters. The summed E-state index contributed by atoms with van der Waals surface area (Å²) in [5.74, 6) is -0.814. The lowest BCUT2D eigenvalue weighted by atomic mass is 10.2. The van der Waals surface area contributed by atoms with Crippen LogP contribution in [-0.4, -0.2) is 21.8 Å². The molecule has 0 spiro atoms. The predicted molar refractivity (Wildman–Crippen MR) is 79.5 cm³/mol. The molecule has 1 heterocycles. The topological polar surface area (TPSA) is 82.2 Å². The normalized spacial score (nSPS) is 10.5. The number of aryl methyl sites for hydroxylation is 2. The summed E-state index contributed by atoms with van der Waals surface area (Å²) in [6, 6.07) is 2.14. The Morgan fingerprint density at radius 2 is 2.23 bits per heavy atom. The van der Waals surface area contributed by atoms with E-state index in [-0.39, 0.29) is 17.1 Å². The van der Waals surface area contributed by atoms with E-state index in [0.29, 0.717) is 6.54 Å². The molecule has 8 heteroatoms. The Kier molecular flexibility index (Phi) is 4.59. The molecule has 0 amide bonds. The smallest absolute Gasteiger partial charge is 0.295 e. The van der Waals surface area contributed by atoms with Crippen LogP contribution < -0.4 is 10.1 Å². The Bertz CT molecular complexity index is 700. The molecule has 0 saturated heterocycles. The number of nitro groups is 1. The van der Waals surface area contributed by atoms with E-state index in [0.717, 1.165) is 23.7 Å². The fourth-order valence-corrected chi connectivity index (χ4v) is 2.21. The second-order valence-electron chi connectivity index (χ2n) is 4.74. The Hall–Kier alpha value is -2.64. The lowest BCUT2D eigenvalue weighted by Gasteiger charge is -2.09. The summed E-state index contributed by atoms with van der Waals surface area (Å²) in [5, 5.41) is 18.3. The van der Waals surface area contributed by atoms with E-state index in [1.165, 1.54) is 13.2 Å². The third-order valence-corrected chi connectivity index (χ3v) is 3.26. The Morgan fingerprint density at radius 3 is 2.82 bits per heavy atom. The van der Waals surface area contributed by atoms with Gasteiger partial charge >= 0.3 is 0 Å². The van der Waals surface area contributed by atoms with Crippen LogP contribution in [0.3, 0.4) is 0 Å². The first kappa shape index (κ1) is 15.7. The van der Waals surface area contributed by atoms with Gasteiger partial charge in [-0.1, -0.05) is 6.92 Å². The Morgan fingerprint density at radius 1 is 1.50 bits per heavy atom. The molecule has 1 aromatic carbocycles. The minimum absolute atomic E-state index is 0.0463.